The molecule has 0 saturated carbocycles. The Morgan fingerprint density at radius 2 is 1.57 bits per heavy atom. The van der Waals surface area contributed by atoms with E-state index in [0.29, 0.717) is 19.8 Å². The number of rotatable bonds is 5. The van der Waals surface area contributed by atoms with Gasteiger partial charge in [0, 0.05) is 5.69 Å². The minimum absolute atomic E-state index is 0.00257. The van der Waals surface area contributed by atoms with E-state index in [9.17, 15) is 0 Å². The van der Waals surface area contributed by atoms with Crippen LogP contribution in [-0.2, 0) is 20.8 Å². The van der Waals surface area contributed by atoms with Gasteiger partial charge in [0.25, 0.3) is 0 Å². The van der Waals surface area contributed by atoms with Crippen molar-refractivity contribution in [2.24, 2.45) is 0 Å². The fourth-order valence-electron chi connectivity index (χ4n) is 3.26. The Hall–Kier alpha value is -1.88. The van der Waals surface area contributed by atoms with Crippen LogP contribution < -0.4 is 5.32 Å². The molecule has 2 heterocycles. The van der Waals surface area contributed by atoms with Crippen LogP contribution in [0.15, 0.2) is 60.7 Å². The van der Waals surface area contributed by atoms with Crippen LogP contribution in [0.2, 0.25) is 0 Å². The third-order valence-corrected chi connectivity index (χ3v) is 4.44. The zero-order valence-corrected chi connectivity index (χ0v) is 12.9. The van der Waals surface area contributed by atoms with Crippen LogP contribution in [-0.4, -0.2) is 37.6 Å². The van der Waals surface area contributed by atoms with Crippen molar-refractivity contribution < 1.29 is 14.2 Å². The van der Waals surface area contributed by atoms with Crippen LogP contribution >= 0.6 is 0 Å². The van der Waals surface area contributed by atoms with E-state index in [4.69, 9.17) is 14.2 Å². The zero-order chi connectivity index (χ0) is 15.5. The molecule has 0 amide bonds. The summed E-state index contributed by atoms with van der Waals surface area (Å²) in [5, 5.41) is 3.50. The lowest BCUT2D eigenvalue weighted by molar-refractivity contribution is -0.0388. The molecule has 2 aliphatic rings. The van der Waals surface area contributed by atoms with Gasteiger partial charge >= 0.3 is 0 Å². The number of anilines is 1. The third kappa shape index (κ3) is 3.24. The summed E-state index contributed by atoms with van der Waals surface area (Å²) in [6, 6.07) is 20.6. The van der Waals surface area contributed by atoms with Crippen LogP contribution in [0.5, 0.6) is 0 Å². The average molecular weight is 311 g/mol. The summed E-state index contributed by atoms with van der Waals surface area (Å²) in [5.74, 6) is 0. The van der Waals surface area contributed by atoms with Gasteiger partial charge in [-0.25, -0.2) is 0 Å². The lowest BCUT2D eigenvalue weighted by Crippen LogP contribution is -2.36. The van der Waals surface area contributed by atoms with Crippen molar-refractivity contribution in [2.45, 2.75) is 31.0 Å². The normalized spacial score (nSPS) is 29.4. The standard InChI is InChI=1S/C19H21NO3/c1-3-7-14(8-4-1)11-21-17-13-23-18-16(12-22-19(17)18)20-15-9-5-2-6-10-15/h1-10,16-20H,11-13H2/t16-,17+,18+,19+/m0/s1. The molecule has 120 valence electrons. The maximum atomic E-state index is 6.02. The summed E-state index contributed by atoms with van der Waals surface area (Å²) in [4.78, 5) is 0. The van der Waals surface area contributed by atoms with E-state index in [1.54, 1.807) is 0 Å². The SMILES string of the molecule is c1ccc(CO[C@@H]2CO[C@H]3[C@@H]2OC[C@@H]3Nc2ccccc2)cc1. The molecule has 0 aliphatic carbocycles. The number of hydrogen-bond acceptors (Lipinski definition) is 4. The Morgan fingerprint density at radius 1 is 0.870 bits per heavy atom. The molecule has 4 heteroatoms. The van der Waals surface area contributed by atoms with Gasteiger partial charge in [0.15, 0.2) is 0 Å². The van der Waals surface area contributed by atoms with Crippen molar-refractivity contribution in [2.75, 3.05) is 18.5 Å². The van der Waals surface area contributed by atoms with Gasteiger partial charge in [0.05, 0.1) is 25.9 Å². The molecule has 0 bridgehead atoms. The van der Waals surface area contributed by atoms with Gasteiger partial charge in [-0.1, -0.05) is 48.5 Å². The van der Waals surface area contributed by atoms with Gasteiger partial charge in [0.2, 0.25) is 0 Å². The van der Waals surface area contributed by atoms with Crippen LogP contribution in [0.25, 0.3) is 0 Å². The number of para-hydroxylation sites is 1. The lowest BCUT2D eigenvalue weighted by atomic mass is 10.1. The molecule has 4 rings (SSSR count). The average Bonchev–Trinajstić information content (AvgIpc) is 3.18. The van der Waals surface area contributed by atoms with E-state index in [0.717, 1.165) is 5.69 Å². The smallest absolute Gasteiger partial charge is 0.114 e. The Labute approximate surface area is 136 Å². The summed E-state index contributed by atoms with van der Waals surface area (Å²) in [6.07, 6.45) is 0.0682. The van der Waals surface area contributed by atoms with Crippen molar-refractivity contribution in [3.05, 3.63) is 66.2 Å². The van der Waals surface area contributed by atoms with Crippen LogP contribution in [0, 0.1) is 0 Å². The first kappa shape index (κ1) is 14.7. The predicted octanol–water partition coefficient (Wildman–Crippen LogP) is 2.85. The molecule has 0 spiro atoms. The molecule has 2 aliphatic heterocycles. The summed E-state index contributed by atoms with van der Waals surface area (Å²) < 4.78 is 17.9. The van der Waals surface area contributed by atoms with Crippen molar-refractivity contribution in [3.8, 4) is 0 Å². The summed E-state index contributed by atoms with van der Waals surface area (Å²) >= 11 is 0. The number of nitrogens with one attached hydrogen (secondary N) is 1. The quantitative estimate of drug-likeness (QED) is 0.922. The molecule has 4 atom stereocenters. The van der Waals surface area contributed by atoms with Crippen molar-refractivity contribution >= 4 is 5.69 Å². The molecule has 0 radical (unpaired) electrons. The highest BCUT2D eigenvalue weighted by molar-refractivity contribution is 5.44. The Morgan fingerprint density at radius 3 is 2.35 bits per heavy atom. The fraction of sp³-hybridized carbons (Fsp3) is 0.368. The minimum Gasteiger partial charge on any atom is -0.377 e. The number of hydrogen-bond donors (Lipinski definition) is 1. The van der Waals surface area contributed by atoms with Crippen LogP contribution in [0.3, 0.4) is 0 Å². The zero-order valence-electron chi connectivity index (χ0n) is 12.9. The van der Waals surface area contributed by atoms with Crippen LogP contribution in [0.4, 0.5) is 5.69 Å². The Balaban J connectivity index is 1.34. The molecule has 2 aromatic carbocycles. The van der Waals surface area contributed by atoms with E-state index in [1.807, 2.05) is 36.4 Å². The molecule has 4 nitrogen and oxygen atoms in total. The molecule has 1 N–H and O–H groups in total. The summed E-state index contributed by atoms with van der Waals surface area (Å²) in [6.45, 7) is 1.84. The monoisotopic (exact) mass is 311 g/mol. The molecule has 2 fully saturated rings. The second kappa shape index (κ2) is 6.71. The van der Waals surface area contributed by atoms with Gasteiger partial charge in [-0.05, 0) is 17.7 Å². The van der Waals surface area contributed by atoms with Gasteiger partial charge in [-0.2, -0.15) is 0 Å². The Bertz CT molecular complexity index is 619. The van der Waals surface area contributed by atoms with E-state index < -0.39 is 0 Å². The molecule has 2 saturated heterocycles. The van der Waals surface area contributed by atoms with E-state index in [2.05, 4.69) is 29.6 Å². The van der Waals surface area contributed by atoms with Crippen molar-refractivity contribution in [1.82, 2.24) is 0 Å². The van der Waals surface area contributed by atoms with Gasteiger partial charge in [-0.15, -0.1) is 0 Å². The Kier molecular flexibility index (Phi) is 4.28. The van der Waals surface area contributed by atoms with Crippen molar-refractivity contribution in [3.63, 3.8) is 0 Å². The highest BCUT2D eigenvalue weighted by Crippen LogP contribution is 2.31. The summed E-state index contributed by atoms with van der Waals surface area (Å²) in [5.41, 5.74) is 2.27. The van der Waals surface area contributed by atoms with Gasteiger partial charge < -0.3 is 19.5 Å². The van der Waals surface area contributed by atoms with E-state index >= 15 is 0 Å². The lowest BCUT2D eigenvalue weighted by Gasteiger charge is -2.19. The second-order valence-corrected chi connectivity index (χ2v) is 6.05. The molecular formula is C19H21NO3. The molecule has 2 aromatic rings. The first-order chi connectivity index (χ1) is 11.4. The number of ether oxygens (including phenoxy) is 3. The van der Waals surface area contributed by atoms with Crippen LogP contribution in [0.1, 0.15) is 5.56 Å². The largest absolute Gasteiger partial charge is 0.377 e. The van der Waals surface area contributed by atoms with Gasteiger partial charge in [0.1, 0.15) is 18.3 Å². The van der Waals surface area contributed by atoms with Gasteiger partial charge in [-0.3, -0.25) is 0 Å². The first-order valence-electron chi connectivity index (χ1n) is 8.10. The minimum atomic E-state index is 0.00257. The molecule has 0 aromatic heterocycles. The summed E-state index contributed by atoms with van der Waals surface area (Å²) in [7, 11) is 0. The number of benzene rings is 2. The highest BCUT2D eigenvalue weighted by atomic mass is 16.6. The molecular weight excluding hydrogens is 290 g/mol. The fourth-order valence-corrected chi connectivity index (χ4v) is 3.26. The number of fused-ring (bicyclic) bond motifs is 1. The molecule has 23 heavy (non-hydrogen) atoms. The maximum absolute atomic E-state index is 6.02. The van der Waals surface area contributed by atoms with E-state index in [-0.39, 0.29) is 24.4 Å². The van der Waals surface area contributed by atoms with E-state index in [1.165, 1.54) is 5.56 Å². The first-order valence-corrected chi connectivity index (χ1v) is 8.10. The second-order valence-electron chi connectivity index (χ2n) is 6.05. The maximum Gasteiger partial charge on any atom is 0.114 e. The van der Waals surface area contributed by atoms with Crippen molar-refractivity contribution in [1.29, 1.82) is 0 Å². The third-order valence-electron chi connectivity index (χ3n) is 4.44. The predicted molar refractivity (Wildman–Crippen MR) is 88.4 cm³/mol. The molecule has 0 unspecified atom stereocenters. The topological polar surface area (TPSA) is 39.7 Å². The highest BCUT2D eigenvalue weighted by Gasteiger charge is 2.48.